The van der Waals surface area contributed by atoms with Crippen molar-refractivity contribution in [1.82, 2.24) is 9.97 Å². The van der Waals surface area contributed by atoms with Gasteiger partial charge in [-0.3, -0.25) is 0 Å². The zero-order chi connectivity index (χ0) is 15.1. The number of aromatic nitrogens is 2. The normalized spacial score (nSPS) is 10.4. The lowest BCUT2D eigenvalue weighted by atomic mass is 10.2. The Morgan fingerprint density at radius 1 is 1.05 bits per heavy atom. The van der Waals surface area contributed by atoms with Crippen LogP contribution in [0.1, 0.15) is 32.0 Å². The summed E-state index contributed by atoms with van der Waals surface area (Å²) in [5, 5.41) is 7.33. The van der Waals surface area contributed by atoms with Gasteiger partial charge in [0.1, 0.15) is 17.5 Å². The Kier molecular flexibility index (Phi) is 5.81. The number of halogens is 1. The second-order valence-electron chi connectivity index (χ2n) is 4.95. The van der Waals surface area contributed by atoms with Gasteiger partial charge in [-0.1, -0.05) is 31.4 Å². The van der Waals surface area contributed by atoms with Gasteiger partial charge < -0.3 is 10.6 Å². The van der Waals surface area contributed by atoms with E-state index in [-0.39, 0.29) is 0 Å². The molecule has 0 fully saturated rings. The van der Waals surface area contributed by atoms with Crippen LogP contribution in [0.2, 0.25) is 5.02 Å². The predicted molar refractivity (Wildman–Crippen MR) is 89.5 cm³/mol. The summed E-state index contributed by atoms with van der Waals surface area (Å²) in [5.41, 5.74) is 0.953. The molecule has 2 aromatic rings. The fourth-order valence-corrected chi connectivity index (χ4v) is 2.12. The molecule has 0 amide bonds. The van der Waals surface area contributed by atoms with E-state index in [0.717, 1.165) is 41.1 Å². The van der Waals surface area contributed by atoms with Crippen molar-refractivity contribution in [1.29, 1.82) is 0 Å². The van der Waals surface area contributed by atoms with Crippen LogP contribution in [0, 0.1) is 6.92 Å². The van der Waals surface area contributed by atoms with E-state index in [9.17, 15) is 0 Å². The number of nitrogens with one attached hydrogen (secondary N) is 2. The van der Waals surface area contributed by atoms with Crippen molar-refractivity contribution in [3.8, 4) is 0 Å². The molecule has 0 bridgehead atoms. The van der Waals surface area contributed by atoms with Crippen LogP contribution in [-0.4, -0.2) is 16.5 Å². The Labute approximate surface area is 131 Å². The van der Waals surface area contributed by atoms with Crippen LogP contribution in [0.15, 0.2) is 30.3 Å². The molecule has 21 heavy (non-hydrogen) atoms. The topological polar surface area (TPSA) is 49.8 Å². The predicted octanol–water partition coefficient (Wildman–Crippen LogP) is 4.78. The summed E-state index contributed by atoms with van der Waals surface area (Å²) in [7, 11) is 0. The molecule has 0 aliphatic carbocycles. The summed E-state index contributed by atoms with van der Waals surface area (Å²) >= 11 is 5.88. The second-order valence-corrected chi connectivity index (χ2v) is 5.39. The number of anilines is 3. The van der Waals surface area contributed by atoms with Crippen LogP contribution in [0.5, 0.6) is 0 Å². The van der Waals surface area contributed by atoms with E-state index in [1.54, 1.807) is 0 Å². The monoisotopic (exact) mass is 304 g/mol. The van der Waals surface area contributed by atoms with E-state index in [1.807, 2.05) is 37.3 Å². The molecule has 0 atom stereocenters. The highest BCUT2D eigenvalue weighted by molar-refractivity contribution is 6.30. The van der Waals surface area contributed by atoms with E-state index in [4.69, 9.17) is 11.6 Å². The standard InChI is InChI=1S/C16H21ClN4/c1-3-4-5-10-18-15-11-16(20-12(2)19-15)21-14-8-6-13(17)7-9-14/h6-9,11H,3-5,10H2,1-2H3,(H2,18,19,20,21). The fourth-order valence-electron chi connectivity index (χ4n) is 1.99. The summed E-state index contributed by atoms with van der Waals surface area (Å²) in [6.45, 7) is 5.03. The van der Waals surface area contributed by atoms with Gasteiger partial charge in [0, 0.05) is 23.3 Å². The van der Waals surface area contributed by atoms with Crippen LogP contribution in [-0.2, 0) is 0 Å². The molecular formula is C16H21ClN4. The van der Waals surface area contributed by atoms with Gasteiger partial charge in [0.25, 0.3) is 0 Å². The van der Waals surface area contributed by atoms with E-state index in [2.05, 4.69) is 27.5 Å². The summed E-state index contributed by atoms with van der Waals surface area (Å²) in [5.74, 6) is 2.38. The summed E-state index contributed by atoms with van der Waals surface area (Å²) in [6, 6.07) is 9.47. The largest absolute Gasteiger partial charge is 0.370 e. The molecule has 0 saturated carbocycles. The van der Waals surface area contributed by atoms with Gasteiger partial charge in [-0.15, -0.1) is 0 Å². The minimum atomic E-state index is 0.720. The maximum absolute atomic E-state index is 5.88. The second kappa shape index (κ2) is 7.84. The molecule has 1 aromatic carbocycles. The van der Waals surface area contributed by atoms with Crippen LogP contribution in [0.25, 0.3) is 0 Å². The molecule has 4 nitrogen and oxygen atoms in total. The fraction of sp³-hybridized carbons (Fsp3) is 0.375. The van der Waals surface area contributed by atoms with Crippen molar-refractivity contribution in [2.45, 2.75) is 33.1 Å². The van der Waals surface area contributed by atoms with Gasteiger partial charge in [0.15, 0.2) is 0 Å². The van der Waals surface area contributed by atoms with Crippen molar-refractivity contribution in [2.24, 2.45) is 0 Å². The first-order chi connectivity index (χ1) is 10.2. The lowest BCUT2D eigenvalue weighted by molar-refractivity contribution is 0.742. The zero-order valence-corrected chi connectivity index (χ0v) is 13.2. The first-order valence-corrected chi connectivity index (χ1v) is 7.67. The molecule has 0 unspecified atom stereocenters. The number of unbranched alkanes of at least 4 members (excludes halogenated alkanes) is 2. The Morgan fingerprint density at radius 3 is 2.48 bits per heavy atom. The summed E-state index contributed by atoms with van der Waals surface area (Å²) < 4.78 is 0. The van der Waals surface area contributed by atoms with Crippen LogP contribution >= 0.6 is 11.6 Å². The van der Waals surface area contributed by atoms with Crippen LogP contribution in [0.4, 0.5) is 17.3 Å². The van der Waals surface area contributed by atoms with Crippen molar-refractivity contribution in [3.05, 3.63) is 41.2 Å². The maximum Gasteiger partial charge on any atom is 0.136 e. The van der Waals surface area contributed by atoms with Crippen LogP contribution < -0.4 is 10.6 Å². The molecule has 2 rings (SSSR count). The number of hydrogen-bond donors (Lipinski definition) is 2. The number of aryl methyl sites for hydroxylation is 1. The first kappa shape index (κ1) is 15.6. The quantitative estimate of drug-likeness (QED) is 0.722. The van der Waals surface area contributed by atoms with E-state index >= 15 is 0 Å². The van der Waals surface area contributed by atoms with Gasteiger partial charge in [0.05, 0.1) is 0 Å². The highest BCUT2D eigenvalue weighted by atomic mass is 35.5. The summed E-state index contributed by atoms with van der Waals surface area (Å²) in [6.07, 6.45) is 3.60. The lowest BCUT2D eigenvalue weighted by Gasteiger charge is -2.10. The van der Waals surface area contributed by atoms with E-state index in [1.165, 1.54) is 12.8 Å². The molecular weight excluding hydrogens is 284 g/mol. The van der Waals surface area contributed by atoms with Gasteiger partial charge in [-0.25, -0.2) is 9.97 Å². The third-order valence-corrected chi connectivity index (χ3v) is 3.29. The van der Waals surface area contributed by atoms with Crippen molar-refractivity contribution in [2.75, 3.05) is 17.2 Å². The smallest absolute Gasteiger partial charge is 0.136 e. The number of benzene rings is 1. The van der Waals surface area contributed by atoms with E-state index < -0.39 is 0 Å². The maximum atomic E-state index is 5.88. The minimum absolute atomic E-state index is 0.720. The van der Waals surface area contributed by atoms with Crippen molar-refractivity contribution in [3.63, 3.8) is 0 Å². The average molecular weight is 305 g/mol. The zero-order valence-electron chi connectivity index (χ0n) is 12.5. The molecule has 0 aliphatic rings. The van der Waals surface area contributed by atoms with Gasteiger partial charge in [-0.2, -0.15) is 0 Å². The number of rotatable bonds is 7. The molecule has 0 saturated heterocycles. The molecule has 1 aromatic heterocycles. The number of hydrogen-bond acceptors (Lipinski definition) is 4. The Hall–Kier alpha value is -1.81. The average Bonchev–Trinajstić information content (AvgIpc) is 2.46. The minimum Gasteiger partial charge on any atom is -0.370 e. The van der Waals surface area contributed by atoms with Gasteiger partial charge >= 0.3 is 0 Å². The molecule has 0 radical (unpaired) electrons. The summed E-state index contributed by atoms with van der Waals surface area (Å²) in [4.78, 5) is 8.80. The first-order valence-electron chi connectivity index (χ1n) is 7.29. The highest BCUT2D eigenvalue weighted by Gasteiger charge is 2.02. The Bertz CT molecular complexity index is 569. The molecule has 0 spiro atoms. The molecule has 2 N–H and O–H groups in total. The van der Waals surface area contributed by atoms with Gasteiger partial charge in [-0.05, 0) is 37.6 Å². The molecule has 112 valence electrons. The van der Waals surface area contributed by atoms with E-state index in [0.29, 0.717) is 0 Å². The van der Waals surface area contributed by atoms with Crippen LogP contribution in [0.3, 0.4) is 0 Å². The highest BCUT2D eigenvalue weighted by Crippen LogP contribution is 2.19. The molecule has 5 heteroatoms. The lowest BCUT2D eigenvalue weighted by Crippen LogP contribution is -2.06. The Morgan fingerprint density at radius 2 is 1.76 bits per heavy atom. The van der Waals surface area contributed by atoms with Crippen molar-refractivity contribution < 1.29 is 0 Å². The SMILES string of the molecule is CCCCCNc1cc(Nc2ccc(Cl)cc2)nc(C)n1. The molecule has 0 aliphatic heterocycles. The molecule has 1 heterocycles. The Balaban J connectivity index is 2.02. The van der Waals surface area contributed by atoms with Gasteiger partial charge in [0.2, 0.25) is 0 Å². The number of nitrogens with zero attached hydrogens (tertiary/aromatic N) is 2. The third-order valence-electron chi connectivity index (χ3n) is 3.04. The van der Waals surface area contributed by atoms with Crippen molar-refractivity contribution >= 4 is 28.9 Å². The third kappa shape index (κ3) is 5.23.